The summed E-state index contributed by atoms with van der Waals surface area (Å²) in [4.78, 5) is 8.35. The van der Waals surface area contributed by atoms with E-state index in [0.29, 0.717) is 28.0 Å². The maximum atomic E-state index is 13.6. The van der Waals surface area contributed by atoms with E-state index in [1.165, 1.54) is 18.6 Å². The summed E-state index contributed by atoms with van der Waals surface area (Å²) >= 11 is 0. The standard InChI is InChI=1S/C19H18F4N4O2S/c1-10-6-13(27-30(3)28)8-15-17(10)18(25-9-24-15)26-14-5-4-12(20)7-16(14)29-11(2)19(21,22)23/h4-9,11,30H,1-3H3,(H,24,25,26)/t11-/m1/s1. The highest BCUT2D eigenvalue weighted by Gasteiger charge is 2.38. The second kappa shape index (κ2) is 8.42. The van der Waals surface area contributed by atoms with Crippen LogP contribution in [0.2, 0.25) is 0 Å². The molecule has 0 aliphatic carbocycles. The summed E-state index contributed by atoms with van der Waals surface area (Å²) in [6.07, 6.45) is -4.01. The molecule has 3 rings (SSSR count). The molecule has 11 heteroatoms. The summed E-state index contributed by atoms with van der Waals surface area (Å²) in [6, 6.07) is 6.55. The van der Waals surface area contributed by atoms with Crippen molar-refractivity contribution in [1.29, 1.82) is 0 Å². The molecule has 1 heterocycles. The lowest BCUT2D eigenvalue weighted by Crippen LogP contribution is -2.31. The number of ether oxygens (including phenoxy) is 1. The highest BCUT2D eigenvalue weighted by molar-refractivity contribution is 7.74. The first kappa shape index (κ1) is 21.8. The highest BCUT2D eigenvalue weighted by atomic mass is 32.2. The number of hydrogen-bond donors (Lipinski definition) is 2. The van der Waals surface area contributed by atoms with Crippen LogP contribution in [0.1, 0.15) is 12.5 Å². The molecule has 0 aliphatic rings. The van der Waals surface area contributed by atoms with Gasteiger partial charge in [-0.05, 0) is 43.7 Å². The summed E-state index contributed by atoms with van der Waals surface area (Å²) in [6.45, 7) is 2.61. The van der Waals surface area contributed by atoms with Crippen molar-refractivity contribution in [3.05, 3.63) is 48.0 Å². The Morgan fingerprint density at radius 2 is 1.93 bits per heavy atom. The second-order valence-corrected chi connectivity index (χ2v) is 7.64. The fourth-order valence-electron chi connectivity index (χ4n) is 2.77. The predicted octanol–water partition coefficient (Wildman–Crippen LogP) is 5.08. The summed E-state index contributed by atoms with van der Waals surface area (Å²) in [5, 5.41) is 3.49. The zero-order chi connectivity index (χ0) is 22.1. The first-order chi connectivity index (χ1) is 14.0. The van der Waals surface area contributed by atoms with Crippen molar-refractivity contribution >= 4 is 38.7 Å². The fraction of sp³-hybridized carbons (Fsp3) is 0.263. The van der Waals surface area contributed by atoms with Gasteiger partial charge in [-0.25, -0.2) is 18.7 Å². The normalized spacial score (nSPS) is 14.0. The molecule has 1 N–H and O–H groups in total. The third kappa shape index (κ3) is 4.96. The molecule has 6 nitrogen and oxygen atoms in total. The first-order valence-corrected chi connectivity index (χ1v) is 10.4. The predicted molar refractivity (Wildman–Crippen MR) is 108 cm³/mol. The Morgan fingerprint density at radius 1 is 1.20 bits per heavy atom. The van der Waals surface area contributed by atoms with Crippen molar-refractivity contribution in [2.24, 2.45) is 4.36 Å². The van der Waals surface area contributed by atoms with Crippen LogP contribution in [-0.4, -0.2) is 32.7 Å². The second-order valence-electron chi connectivity index (χ2n) is 6.51. The summed E-state index contributed by atoms with van der Waals surface area (Å²) < 4.78 is 72.7. The van der Waals surface area contributed by atoms with E-state index in [2.05, 4.69) is 19.6 Å². The molecule has 0 fully saturated rings. The van der Waals surface area contributed by atoms with Gasteiger partial charge in [-0.2, -0.15) is 13.2 Å². The monoisotopic (exact) mass is 442 g/mol. The molecule has 2 aromatic carbocycles. The smallest absolute Gasteiger partial charge is 0.425 e. The molecule has 0 radical (unpaired) electrons. The lowest BCUT2D eigenvalue weighted by atomic mass is 10.1. The molecule has 0 bridgehead atoms. The number of alkyl halides is 3. The van der Waals surface area contributed by atoms with E-state index in [1.54, 1.807) is 19.1 Å². The average Bonchev–Trinajstić information content (AvgIpc) is 2.62. The molecular formula is C19H18F4N4O2S. The molecule has 0 saturated carbocycles. The number of fused-ring (bicyclic) bond motifs is 1. The molecule has 30 heavy (non-hydrogen) atoms. The van der Waals surface area contributed by atoms with Gasteiger partial charge in [0.2, 0.25) is 0 Å². The Bertz CT molecular complexity index is 1180. The van der Waals surface area contributed by atoms with E-state index in [1.807, 2.05) is 0 Å². The van der Waals surface area contributed by atoms with Crippen LogP contribution in [0.15, 0.2) is 41.0 Å². The molecule has 160 valence electrons. The molecule has 1 aromatic heterocycles. The van der Waals surface area contributed by atoms with Crippen LogP contribution >= 0.6 is 0 Å². The molecule has 0 spiro atoms. The summed E-state index contributed by atoms with van der Waals surface area (Å²) in [5.41, 5.74) is 1.80. The number of thiol groups is 1. The summed E-state index contributed by atoms with van der Waals surface area (Å²) in [7, 11) is -1.75. The van der Waals surface area contributed by atoms with Crippen LogP contribution in [0.3, 0.4) is 0 Å². The van der Waals surface area contributed by atoms with Crippen molar-refractivity contribution in [2.45, 2.75) is 26.1 Å². The number of rotatable bonds is 5. The minimum atomic E-state index is -4.61. The van der Waals surface area contributed by atoms with Crippen molar-refractivity contribution in [3.8, 4) is 5.75 Å². The van der Waals surface area contributed by atoms with E-state index in [0.717, 1.165) is 19.1 Å². The number of anilines is 2. The quantitative estimate of drug-likeness (QED) is 0.426. The van der Waals surface area contributed by atoms with Crippen LogP contribution in [0, 0.1) is 12.7 Å². The van der Waals surface area contributed by atoms with Crippen LogP contribution in [0.5, 0.6) is 5.75 Å². The van der Waals surface area contributed by atoms with E-state index < -0.39 is 28.7 Å². The van der Waals surface area contributed by atoms with Gasteiger partial charge in [-0.15, -0.1) is 0 Å². The fourth-order valence-corrected chi connectivity index (χ4v) is 3.21. The van der Waals surface area contributed by atoms with Gasteiger partial charge in [0, 0.05) is 28.3 Å². The first-order valence-electron chi connectivity index (χ1n) is 8.72. The maximum Gasteiger partial charge on any atom is 0.425 e. The topological polar surface area (TPSA) is 76.5 Å². The number of hydrogen-bond acceptors (Lipinski definition) is 6. The molecule has 2 atom stereocenters. The number of benzene rings is 2. The number of aromatic nitrogens is 2. The molecule has 0 amide bonds. The van der Waals surface area contributed by atoms with Gasteiger partial charge in [0.05, 0.1) is 16.9 Å². The van der Waals surface area contributed by atoms with Crippen molar-refractivity contribution in [2.75, 3.05) is 11.6 Å². The van der Waals surface area contributed by atoms with Gasteiger partial charge in [0.25, 0.3) is 0 Å². The third-order valence-corrected chi connectivity index (χ3v) is 4.65. The molecular weight excluding hydrogens is 424 g/mol. The van der Waals surface area contributed by atoms with Gasteiger partial charge >= 0.3 is 6.18 Å². The zero-order valence-electron chi connectivity index (χ0n) is 16.2. The Kier molecular flexibility index (Phi) is 6.11. The van der Waals surface area contributed by atoms with Crippen LogP contribution in [0.25, 0.3) is 10.9 Å². The lowest BCUT2D eigenvalue weighted by molar-refractivity contribution is -0.189. The lowest BCUT2D eigenvalue weighted by Gasteiger charge is -2.20. The summed E-state index contributed by atoms with van der Waals surface area (Å²) in [5.74, 6) is -0.756. The molecule has 0 aliphatic heterocycles. The largest absolute Gasteiger partial charge is 0.479 e. The maximum absolute atomic E-state index is 13.6. The highest BCUT2D eigenvalue weighted by Crippen LogP contribution is 2.35. The Balaban J connectivity index is 2.05. The Labute approximate surface area is 171 Å². The van der Waals surface area contributed by atoms with E-state index >= 15 is 0 Å². The minimum absolute atomic E-state index is 0.109. The SMILES string of the molecule is Cc1cc(/N=[SH](\C)=O)cc2ncnc(Nc3ccc(F)cc3O[C@H](C)C(F)(F)F)c12. The molecule has 3 aromatic rings. The van der Waals surface area contributed by atoms with Gasteiger partial charge < -0.3 is 10.1 Å². The minimum Gasteiger partial charge on any atom is -0.479 e. The van der Waals surface area contributed by atoms with Crippen molar-refractivity contribution in [1.82, 2.24) is 9.97 Å². The molecule has 0 saturated heterocycles. The number of nitrogens with zero attached hydrogens (tertiary/aromatic N) is 3. The van der Waals surface area contributed by atoms with Gasteiger partial charge in [0.15, 0.2) is 6.10 Å². The number of nitrogens with one attached hydrogen (secondary N) is 1. The Morgan fingerprint density at radius 3 is 2.60 bits per heavy atom. The Hall–Kier alpha value is -2.95. The van der Waals surface area contributed by atoms with Crippen LogP contribution in [0.4, 0.5) is 34.8 Å². The average molecular weight is 442 g/mol. The number of aryl methyl sites for hydroxylation is 1. The van der Waals surface area contributed by atoms with Crippen LogP contribution < -0.4 is 10.1 Å². The van der Waals surface area contributed by atoms with Gasteiger partial charge in [0.1, 0.15) is 23.7 Å². The molecule has 1 unspecified atom stereocenters. The van der Waals surface area contributed by atoms with Gasteiger partial charge in [-0.3, -0.25) is 4.21 Å². The van der Waals surface area contributed by atoms with Gasteiger partial charge in [-0.1, -0.05) is 0 Å². The van der Waals surface area contributed by atoms with E-state index in [-0.39, 0.29) is 11.4 Å². The van der Waals surface area contributed by atoms with Crippen molar-refractivity contribution < 1.29 is 26.5 Å². The third-order valence-electron chi connectivity index (χ3n) is 4.14. The van der Waals surface area contributed by atoms with Crippen LogP contribution in [-0.2, 0) is 10.6 Å². The zero-order valence-corrected chi connectivity index (χ0v) is 17.1. The van der Waals surface area contributed by atoms with E-state index in [4.69, 9.17) is 4.74 Å². The van der Waals surface area contributed by atoms with Crippen molar-refractivity contribution in [3.63, 3.8) is 0 Å². The number of halogens is 4. The van der Waals surface area contributed by atoms with E-state index in [9.17, 15) is 21.8 Å².